The lowest BCUT2D eigenvalue weighted by Crippen LogP contribution is -2.17. The van der Waals surface area contributed by atoms with Crippen molar-refractivity contribution in [2.24, 2.45) is 0 Å². The van der Waals surface area contributed by atoms with Gasteiger partial charge >= 0.3 is 12.3 Å². The van der Waals surface area contributed by atoms with Crippen LogP contribution in [0.1, 0.15) is 27.7 Å². The summed E-state index contributed by atoms with van der Waals surface area (Å²) in [5.74, 6) is 5.23. The number of ether oxygens (including phenoxy) is 4. The summed E-state index contributed by atoms with van der Waals surface area (Å²) < 4.78 is 18.7. The van der Waals surface area contributed by atoms with Gasteiger partial charge in [-0.1, -0.05) is 11.8 Å². The fraction of sp³-hybridized carbons (Fsp3) is 0.667. The quantitative estimate of drug-likeness (QED) is 0.568. The van der Waals surface area contributed by atoms with Crippen LogP contribution in [-0.4, -0.2) is 37.7 Å². The monoisotopic (exact) mass is 258 g/mol. The molecule has 0 heterocycles. The molecule has 0 spiro atoms. The zero-order valence-electron chi connectivity index (χ0n) is 11.0. The van der Waals surface area contributed by atoms with E-state index >= 15 is 0 Å². The van der Waals surface area contributed by atoms with E-state index in [4.69, 9.17) is 9.47 Å². The summed E-state index contributed by atoms with van der Waals surface area (Å²) in [6, 6.07) is 0. The van der Waals surface area contributed by atoms with Crippen LogP contribution in [-0.2, 0) is 18.9 Å². The first-order valence-electron chi connectivity index (χ1n) is 5.67. The average molecular weight is 258 g/mol. The van der Waals surface area contributed by atoms with Crippen LogP contribution in [0, 0.1) is 11.8 Å². The SMILES string of the molecule is CCOC(=O)OC(C)C#CC(C)OC(=O)OCC. The van der Waals surface area contributed by atoms with Crippen molar-refractivity contribution in [1.29, 1.82) is 0 Å². The van der Waals surface area contributed by atoms with Gasteiger partial charge in [-0.2, -0.15) is 0 Å². The van der Waals surface area contributed by atoms with E-state index in [-0.39, 0.29) is 13.2 Å². The molecule has 0 saturated heterocycles. The standard InChI is InChI=1S/C12H18O6/c1-5-15-11(13)17-9(3)7-8-10(4)18-12(14)16-6-2/h9-10H,5-6H2,1-4H3. The first-order chi connectivity index (χ1) is 8.49. The number of hydrogen-bond donors (Lipinski definition) is 0. The van der Waals surface area contributed by atoms with Crippen molar-refractivity contribution in [3.05, 3.63) is 0 Å². The Morgan fingerprint density at radius 2 is 1.22 bits per heavy atom. The van der Waals surface area contributed by atoms with E-state index in [2.05, 4.69) is 21.3 Å². The van der Waals surface area contributed by atoms with Crippen LogP contribution in [0.25, 0.3) is 0 Å². The maximum atomic E-state index is 10.9. The topological polar surface area (TPSA) is 71.1 Å². The van der Waals surface area contributed by atoms with Gasteiger partial charge in [-0.3, -0.25) is 0 Å². The van der Waals surface area contributed by atoms with E-state index in [1.165, 1.54) is 0 Å². The van der Waals surface area contributed by atoms with E-state index in [0.29, 0.717) is 0 Å². The van der Waals surface area contributed by atoms with Gasteiger partial charge in [0, 0.05) is 0 Å². The highest BCUT2D eigenvalue weighted by Gasteiger charge is 2.09. The highest BCUT2D eigenvalue weighted by molar-refractivity contribution is 5.61. The van der Waals surface area contributed by atoms with Gasteiger partial charge in [0.05, 0.1) is 13.2 Å². The third-order valence-corrected chi connectivity index (χ3v) is 1.56. The summed E-state index contributed by atoms with van der Waals surface area (Å²) in [7, 11) is 0. The highest BCUT2D eigenvalue weighted by Crippen LogP contribution is 1.96. The van der Waals surface area contributed by atoms with Crippen molar-refractivity contribution in [2.75, 3.05) is 13.2 Å². The Morgan fingerprint density at radius 1 is 0.889 bits per heavy atom. The maximum Gasteiger partial charge on any atom is 0.509 e. The molecule has 102 valence electrons. The minimum Gasteiger partial charge on any atom is -0.435 e. The third kappa shape index (κ3) is 8.28. The zero-order chi connectivity index (χ0) is 14.0. The molecule has 6 nitrogen and oxygen atoms in total. The molecule has 0 aromatic rings. The molecule has 0 aliphatic carbocycles. The maximum absolute atomic E-state index is 10.9. The molecule has 0 rings (SSSR count). The molecular formula is C12H18O6. The Hall–Kier alpha value is -1.90. The molecule has 0 bridgehead atoms. The van der Waals surface area contributed by atoms with Gasteiger partial charge < -0.3 is 18.9 Å². The van der Waals surface area contributed by atoms with Gasteiger partial charge in [0.25, 0.3) is 0 Å². The van der Waals surface area contributed by atoms with Crippen LogP contribution < -0.4 is 0 Å². The molecule has 0 N–H and O–H groups in total. The minimum absolute atomic E-state index is 0.237. The molecule has 0 aromatic heterocycles. The molecular weight excluding hydrogens is 240 g/mol. The summed E-state index contributed by atoms with van der Waals surface area (Å²) in [6.07, 6.45) is -2.84. The predicted octanol–water partition coefficient (Wildman–Crippen LogP) is 2.11. The molecule has 18 heavy (non-hydrogen) atoms. The summed E-state index contributed by atoms with van der Waals surface area (Å²) in [5, 5.41) is 0. The van der Waals surface area contributed by atoms with Gasteiger partial charge in [0.15, 0.2) is 12.2 Å². The smallest absolute Gasteiger partial charge is 0.435 e. The molecule has 0 aliphatic rings. The Balaban J connectivity index is 4.06. The van der Waals surface area contributed by atoms with Crippen molar-refractivity contribution in [3.8, 4) is 11.8 Å². The largest absolute Gasteiger partial charge is 0.509 e. The summed E-state index contributed by atoms with van der Waals surface area (Å²) in [6.45, 7) is 6.99. The van der Waals surface area contributed by atoms with Crippen molar-refractivity contribution >= 4 is 12.3 Å². The molecule has 2 atom stereocenters. The second kappa shape index (κ2) is 9.16. The summed E-state index contributed by atoms with van der Waals surface area (Å²) in [5.41, 5.74) is 0. The Labute approximate surface area is 107 Å². The van der Waals surface area contributed by atoms with Crippen molar-refractivity contribution in [2.45, 2.75) is 39.9 Å². The Kier molecular flexibility index (Phi) is 8.20. The van der Waals surface area contributed by atoms with Crippen LogP contribution in [0.2, 0.25) is 0 Å². The van der Waals surface area contributed by atoms with Crippen molar-refractivity contribution < 1.29 is 28.5 Å². The van der Waals surface area contributed by atoms with Crippen LogP contribution in [0.5, 0.6) is 0 Å². The first kappa shape index (κ1) is 16.1. The number of carbonyl (C=O) groups excluding carboxylic acids is 2. The van der Waals surface area contributed by atoms with Gasteiger partial charge in [-0.25, -0.2) is 9.59 Å². The second-order valence-electron chi connectivity index (χ2n) is 3.17. The molecule has 0 saturated carbocycles. The van der Waals surface area contributed by atoms with Gasteiger partial charge in [0.2, 0.25) is 0 Å². The van der Waals surface area contributed by atoms with Crippen molar-refractivity contribution in [1.82, 2.24) is 0 Å². The third-order valence-electron chi connectivity index (χ3n) is 1.56. The summed E-state index contributed by atoms with van der Waals surface area (Å²) >= 11 is 0. The summed E-state index contributed by atoms with van der Waals surface area (Å²) in [4.78, 5) is 21.9. The van der Waals surface area contributed by atoms with Gasteiger partial charge in [0.1, 0.15) is 0 Å². The molecule has 6 heteroatoms. The van der Waals surface area contributed by atoms with E-state index in [1.54, 1.807) is 27.7 Å². The Bertz CT molecular complexity index is 297. The van der Waals surface area contributed by atoms with Gasteiger partial charge in [-0.05, 0) is 27.7 Å². The molecule has 0 radical (unpaired) electrons. The highest BCUT2D eigenvalue weighted by atomic mass is 16.7. The fourth-order valence-corrected chi connectivity index (χ4v) is 0.886. The molecule has 0 aromatic carbocycles. The van der Waals surface area contributed by atoms with Crippen LogP contribution in [0.15, 0.2) is 0 Å². The van der Waals surface area contributed by atoms with Crippen LogP contribution in [0.3, 0.4) is 0 Å². The van der Waals surface area contributed by atoms with Gasteiger partial charge in [-0.15, -0.1) is 0 Å². The molecule has 0 amide bonds. The normalized spacial score (nSPS) is 12.4. The molecule has 0 fully saturated rings. The number of carbonyl (C=O) groups is 2. The predicted molar refractivity (Wildman–Crippen MR) is 62.9 cm³/mol. The first-order valence-corrected chi connectivity index (χ1v) is 5.67. The number of rotatable bonds is 4. The lowest BCUT2D eigenvalue weighted by Gasteiger charge is -2.08. The fourth-order valence-electron chi connectivity index (χ4n) is 0.886. The molecule has 2 unspecified atom stereocenters. The average Bonchev–Trinajstić information content (AvgIpc) is 2.27. The zero-order valence-corrected chi connectivity index (χ0v) is 11.0. The lowest BCUT2D eigenvalue weighted by molar-refractivity contribution is 0.0440. The Morgan fingerprint density at radius 3 is 1.50 bits per heavy atom. The van der Waals surface area contributed by atoms with Crippen LogP contribution >= 0.6 is 0 Å². The van der Waals surface area contributed by atoms with E-state index in [1.807, 2.05) is 0 Å². The molecule has 0 aliphatic heterocycles. The van der Waals surface area contributed by atoms with Crippen molar-refractivity contribution in [3.63, 3.8) is 0 Å². The van der Waals surface area contributed by atoms with Crippen LogP contribution in [0.4, 0.5) is 9.59 Å². The second-order valence-corrected chi connectivity index (χ2v) is 3.17. The van der Waals surface area contributed by atoms with E-state index in [9.17, 15) is 9.59 Å². The van der Waals surface area contributed by atoms with E-state index < -0.39 is 24.5 Å². The number of hydrogen-bond acceptors (Lipinski definition) is 6. The minimum atomic E-state index is -0.779. The van der Waals surface area contributed by atoms with E-state index in [0.717, 1.165) is 0 Å². The lowest BCUT2D eigenvalue weighted by atomic mass is 10.3.